The molecule has 0 spiro atoms. The Morgan fingerprint density at radius 3 is 3.00 bits per heavy atom. The fourth-order valence-electron chi connectivity index (χ4n) is 3.10. The predicted molar refractivity (Wildman–Crippen MR) is 69.6 cm³/mol. The molecule has 0 amide bonds. The molecule has 16 heavy (non-hydrogen) atoms. The van der Waals surface area contributed by atoms with Gasteiger partial charge in [-0.05, 0) is 55.5 Å². The third-order valence-electron chi connectivity index (χ3n) is 4.07. The van der Waals surface area contributed by atoms with Crippen LogP contribution in [0.5, 0.6) is 0 Å². The van der Waals surface area contributed by atoms with E-state index in [0.717, 1.165) is 17.8 Å². The van der Waals surface area contributed by atoms with Gasteiger partial charge < -0.3 is 5.32 Å². The highest BCUT2D eigenvalue weighted by Gasteiger charge is 2.35. The Morgan fingerprint density at radius 2 is 2.38 bits per heavy atom. The molecule has 1 fully saturated rings. The largest absolute Gasteiger partial charge is 0.309 e. The van der Waals surface area contributed by atoms with E-state index < -0.39 is 0 Å². The van der Waals surface area contributed by atoms with E-state index in [-0.39, 0.29) is 0 Å². The minimum absolute atomic E-state index is 0.517. The van der Waals surface area contributed by atoms with Gasteiger partial charge in [-0.3, -0.25) is 0 Å². The SMILES string of the molecule is C[C@H](NCC1CC2C=CC1C2)c1cccs1. The van der Waals surface area contributed by atoms with Gasteiger partial charge >= 0.3 is 0 Å². The normalized spacial score (nSPS) is 33.4. The minimum Gasteiger partial charge on any atom is -0.309 e. The molecular formula is C14H19NS. The molecule has 2 aliphatic rings. The summed E-state index contributed by atoms with van der Waals surface area (Å²) in [6, 6.07) is 4.88. The van der Waals surface area contributed by atoms with Crippen LogP contribution in [0.3, 0.4) is 0 Å². The average molecular weight is 233 g/mol. The molecule has 0 aromatic carbocycles. The number of hydrogen-bond donors (Lipinski definition) is 1. The first-order valence-corrected chi connectivity index (χ1v) is 7.16. The summed E-state index contributed by atoms with van der Waals surface area (Å²) < 4.78 is 0. The van der Waals surface area contributed by atoms with Gasteiger partial charge in [0.15, 0.2) is 0 Å². The van der Waals surface area contributed by atoms with Crippen molar-refractivity contribution in [3.63, 3.8) is 0 Å². The van der Waals surface area contributed by atoms with Gasteiger partial charge in [0.05, 0.1) is 0 Å². The van der Waals surface area contributed by atoms with Crippen molar-refractivity contribution in [1.82, 2.24) is 5.32 Å². The van der Waals surface area contributed by atoms with Gasteiger partial charge in [0, 0.05) is 10.9 Å². The first-order valence-electron chi connectivity index (χ1n) is 6.28. The number of thiophene rings is 1. The zero-order valence-electron chi connectivity index (χ0n) is 9.73. The summed E-state index contributed by atoms with van der Waals surface area (Å²) in [5.74, 6) is 2.65. The van der Waals surface area contributed by atoms with E-state index >= 15 is 0 Å². The van der Waals surface area contributed by atoms with Crippen LogP contribution in [-0.4, -0.2) is 6.54 Å². The van der Waals surface area contributed by atoms with E-state index in [0.29, 0.717) is 6.04 Å². The topological polar surface area (TPSA) is 12.0 Å². The maximum atomic E-state index is 3.69. The lowest BCUT2D eigenvalue weighted by atomic mass is 9.93. The zero-order chi connectivity index (χ0) is 11.0. The number of hydrogen-bond acceptors (Lipinski definition) is 2. The molecule has 1 aromatic heterocycles. The quantitative estimate of drug-likeness (QED) is 0.783. The molecule has 2 bridgehead atoms. The summed E-state index contributed by atoms with van der Waals surface area (Å²) in [4.78, 5) is 1.46. The third-order valence-corrected chi connectivity index (χ3v) is 5.13. The molecule has 1 N–H and O–H groups in total. The van der Waals surface area contributed by atoms with Crippen LogP contribution in [-0.2, 0) is 0 Å². The molecule has 0 aliphatic heterocycles. The number of fused-ring (bicyclic) bond motifs is 2. The first-order chi connectivity index (χ1) is 7.83. The van der Waals surface area contributed by atoms with Crippen LogP contribution in [0, 0.1) is 17.8 Å². The van der Waals surface area contributed by atoms with Gasteiger partial charge in [0.2, 0.25) is 0 Å². The standard InChI is InChI=1S/C14H19NS/c1-10(14-3-2-6-16-14)15-9-13-8-11-4-5-12(13)7-11/h2-6,10-13,15H,7-9H2,1H3/t10-,11?,12?,13?/m0/s1. The summed E-state index contributed by atoms with van der Waals surface area (Å²) >= 11 is 1.85. The molecule has 1 nitrogen and oxygen atoms in total. The van der Waals surface area contributed by atoms with E-state index in [1.807, 2.05) is 11.3 Å². The zero-order valence-corrected chi connectivity index (χ0v) is 10.5. The summed E-state index contributed by atoms with van der Waals surface area (Å²) in [7, 11) is 0. The van der Waals surface area contributed by atoms with Gasteiger partial charge in [0.25, 0.3) is 0 Å². The molecule has 3 rings (SSSR count). The predicted octanol–water partition coefficient (Wildman–Crippen LogP) is 3.61. The van der Waals surface area contributed by atoms with Crippen LogP contribution in [0.25, 0.3) is 0 Å². The first kappa shape index (κ1) is 10.5. The van der Waals surface area contributed by atoms with E-state index in [1.165, 1.54) is 24.3 Å². The van der Waals surface area contributed by atoms with Crippen molar-refractivity contribution >= 4 is 11.3 Å². The van der Waals surface area contributed by atoms with Gasteiger partial charge in [-0.2, -0.15) is 0 Å². The Kier molecular flexibility index (Phi) is 2.86. The van der Waals surface area contributed by atoms with Crippen LogP contribution in [0.4, 0.5) is 0 Å². The Hall–Kier alpha value is -0.600. The van der Waals surface area contributed by atoms with Gasteiger partial charge in [-0.1, -0.05) is 18.2 Å². The fourth-order valence-corrected chi connectivity index (χ4v) is 3.85. The van der Waals surface area contributed by atoms with Crippen molar-refractivity contribution < 1.29 is 0 Å². The summed E-state index contributed by atoms with van der Waals surface area (Å²) in [5.41, 5.74) is 0. The van der Waals surface area contributed by atoms with E-state index in [4.69, 9.17) is 0 Å². The lowest BCUT2D eigenvalue weighted by molar-refractivity contribution is 0.394. The molecule has 2 aliphatic carbocycles. The van der Waals surface area contributed by atoms with Crippen LogP contribution in [0.1, 0.15) is 30.7 Å². The van der Waals surface area contributed by atoms with Crippen molar-refractivity contribution in [3.8, 4) is 0 Å². The van der Waals surface area contributed by atoms with E-state index in [9.17, 15) is 0 Å². The molecule has 0 radical (unpaired) electrons. The molecule has 1 saturated carbocycles. The maximum absolute atomic E-state index is 3.69. The van der Waals surface area contributed by atoms with Crippen LogP contribution in [0.2, 0.25) is 0 Å². The molecule has 1 aromatic rings. The molecule has 86 valence electrons. The van der Waals surface area contributed by atoms with E-state index in [2.05, 4.69) is 41.9 Å². The average Bonchev–Trinajstić information content (AvgIpc) is 3.01. The highest BCUT2D eigenvalue weighted by molar-refractivity contribution is 7.10. The second kappa shape index (κ2) is 4.34. The number of rotatable bonds is 4. The number of nitrogens with one attached hydrogen (secondary N) is 1. The molecule has 4 atom stereocenters. The third kappa shape index (κ3) is 1.96. The summed E-state index contributed by atoms with van der Waals surface area (Å²) in [6.45, 7) is 3.46. The van der Waals surface area contributed by atoms with Crippen molar-refractivity contribution in [2.75, 3.05) is 6.54 Å². The Bertz CT molecular complexity index is 368. The van der Waals surface area contributed by atoms with E-state index in [1.54, 1.807) is 0 Å². The second-order valence-electron chi connectivity index (χ2n) is 5.19. The van der Waals surface area contributed by atoms with Crippen molar-refractivity contribution in [1.29, 1.82) is 0 Å². The molecular weight excluding hydrogens is 214 g/mol. The molecule has 1 heterocycles. The molecule has 3 unspecified atom stereocenters. The highest BCUT2D eigenvalue weighted by Crippen LogP contribution is 2.43. The Morgan fingerprint density at radius 1 is 1.44 bits per heavy atom. The fraction of sp³-hybridized carbons (Fsp3) is 0.571. The highest BCUT2D eigenvalue weighted by atomic mass is 32.1. The van der Waals surface area contributed by atoms with Crippen LogP contribution >= 0.6 is 11.3 Å². The molecule has 0 saturated heterocycles. The smallest absolute Gasteiger partial charge is 0.0386 e. The van der Waals surface area contributed by atoms with Crippen LogP contribution in [0.15, 0.2) is 29.7 Å². The Labute approximate surface area is 102 Å². The Balaban J connectivity index is 1.52. The van der Waals surface area contributed by atoms with Gasteiger partial charge in [-0.25, -0.2) is 0 Å². The monoisotopic (exact) mass is 233 g/mol. The second-order valence-corrected chi connectivity index (χ2v) is 6.16. The van der Waals surface area contributed by atoms with Gasteiger partial charge in [-0.15, -0.1) is 11.3 Å². The van der Waals surface area contributed by atoms with Crippen molar-refractivity contribution in [2.45, 2.75) is 25.8 Å². The maximum Gasteiger partial charge on any atom is 0.0386 e. The minimum atomic E-state index is 0.517. The molecule has 2 heteroatoms. The lowest BCUT2D eigenvalue weighted by Crippen LogP contribution is -2.27. The number of allylic oxidation sites excluding steroid dienone is 2. The van der Waals surface area contributed by atoms with Crippen LogP contribution < -0.4 is 5.32 Å². The summed E-state index contributed by atoms with van der Waals surface area (Å²) in [6.07, 6.45) is 7.69. The lowest BCUT2D eigenvalue weighted by Gasteiger charge is -2.21. The van der Waals surface area contributed by atoms with Crippen molar-refractivity contribution in [3.05, 3.63) is 34.5 Å². The van der Waals surface area contributed by atoms with Gasteiger partial charge in [0.1, 0.15) is 0 Å². The summed E-state index contributed by atoms with van der Waals surface area (Å²) in [5, 5.41) is 5.85. The van der Waals surface area contributed by atoms with Crippen molar-refractivity contribution in [2.24, 2.45) is 17.8 Å².